The number of nitrogens with zero attached hydrogens (tertiary/aromatic N) is 2. The Morgan fingerprint density at radius 2 is 2.14 bits per heavy atom. The summed E-state index contributed by atoms with van der Waals surface area (Å²) in [6.45, 7) is 3.22. The summed E-state index contributed by atoms with van der Waals surface area (Å²) in [4.78, 5) is 0. The van der Waals surface area contributed by atoms with Gasteiger partial charge in [0.05, 0.1) is 5.69 Å². The van der Waals surface area contributed by atoms with Crippen molar-refractivity contribution >= 4 is 0 Å². The molecule has 1 fully saturated rings. The van der Waals surface area contributed by atoms with E-state index in [4.69, 9.17) is 0 Å². The molecule has 0 spiro atoms. The van der Waals surface area contributed by atoms with E-state index in [0.29, 0.717) is 6.04 Å². The lowest BCUT2D eigenvalue weighted by atomic mass is 9.85. The van der Waals surface area contributed by atoms with Crippen LogP contribution >= 0.6 is 0 Å². The van der Waals surface area contributed by atoms with Crippen molar-refractivity contribution in [3.63, 3.8) is 0 Å². The van der Waals surface area contributed by atoms with Crippen molar-refractivity contribution in [3.8, 4) is 11.3 Å². The van der Waals surface area contributed by atoms with Crippen LogP contribution in [0.5, 0.6) is 0 Å². The van der Waals surface area contributed by atoms with Gasteiger partial charge in [-0.2, -0.15) is 5.10 Å². The highest BCUT2D eigenvalue weighted by Gasteiger charge is 2.37. The summed E-state index contributed by atoms with van der Waals surface area (Å²) in [5, 5.41) is 17.9. The molecule has 0 saturated heterocycles. The Hall–Kier alpha value is -1.65. The van der Waals surface area contributed by atoms with Crippen LogP contribution in [-0.2, 0) is 13.6 Å². The largest absolute Gasteiger partial charge is 0.396 e. The van der Waals surface area contributed by atoms with E-state index in [1.165, 1.54) is 12.0 Å². The van der Waals surface area contributed by atoms with E-state index in [2.05, 4.69) is 35.7 Å². The number of rotatable bonds is 5. The molecular weight excluding hydrogens is 274 g/mol. The number of benzene rings is 1. The minimum Gasteiger partial charge on any atom is -0.396 e. The van der Waals surface area contributed by atoms with Gasteiger partial charge in [-0.1, -0.05) is 43.7 Å². The highest BCUT2D eigenvalue weighted by atomic mass is 16.3. The van der Waals surface area contributed by atoms with Gasteiger partial charge < -0.3 is 10.4 Å². The Morgan fingerprint density at radius 1 is 1.36 bits per heavy atom. The van der Waals surface area contributed by atoms with Gasteiger partial charge in [0.2, 0.25) is 0 Å². The molecule has 1 saturated carbocycles. The first-order chi connectivity index (χ1) is 10.6. The maximum Gasteiger partial charge on any atom is 0.0967 e. The lowest BCUT2D eigenvalue weighted by Crippen LogP contribution is -2.41. The predicted molar refractivity (Wildman–Crippen MR) is 88.3 cm³/mol. The van der Waals surface area contributed by atoms with Crippen molar-refractivity contribution in [1.29, 1.82) is 0 Å². The van der Waals surface area contributed by atoms with Gasteiger partial charge in [0, 0.05) is 49.0 Å². The third-order valence-electron chi connectivity index (χ3n) is 4.93. The predicted octanol–water partition coefficient (Wildman–Crippen LogP) is 2.73. The van der Waals surface area contributed by atoms with Crippen molar-refractivity contribution in [2.75, 3.05) is 6.61 Å². The highest BCUT2D eigenvalue weighted by molar-refractivity contribution is 5.62. The molecule has 118 valence electrons. The van der Waals surface area contributed by atoms with Gasteiger partial charge in [-0.05, 0) is 12.8 Å². The summed E-state index contributed by atoms with van der Waals surface area (Å²) in [5.74, 6) is 0. The van der Waals surface area contributed by atoms with E-state index in [0.717, 1.165) is 30.6 Å². The minimum atomic E-state index is 0.00905. The molecule has 0 aliphatic heterocycles. The first kappa shape index (κ1) is 15.3. The molecule has 4 nitrogen and oxygen atoms in total. The maximum atomic E-state index is 9.67. The molecule has 4 heteroatoms. The number of aliphatic hydroxyl groups excluding tert-OH is 1. The molecule has 2 N–H and O–H groups in total. The Bertz CT molecular complexity index is 623. The second-order valence-corrected chi connectivity index (χ2v) is 6.68. The van der Waals surface area contributed by atoms with Crippen molar-refractivity contribution in [2.24, 2.45) is 12.5 Å². The quantitative estimate of drug-likeness (QED) is 0.892. The number of hydrogen-bond acceptors (Lipinski definition) is 3. The maximum absolute atomic E-state index is 9.67. The van der Waals surface area contributed by atoms with Crippen LogP contribution in [0.4, 0.5) is 0 Å². The molecule has 1 aromatic carbocycles. The van der Waals surface area contributed by atoms with Crippen molar-refractivity contribution in [3.05, 3.63) is 42.1 Å². The molecule has 1 aliphatic carbocycles. The number of hydrogen-bond donors (Lipinski definition) is 2. The van der Waals surface area contributed by atoms with Gasteiger partial charge in [0.25, 0.3) is 0 Å². The fourth-order valence-corrected chi connectivity index (χ4v) is 3.51. The van der Waals surface area contributed by atoms with E-state index in [1.54, 1.807) is 0 Å². The first-order valence-corrected chi connectivity index (χ1v) is 8.04. The summed E-state index contributed by atoms with van der Waals surface area (Å²) in [6.07, 6.45) is 5.51. The van der Waals surface area contributed by atoms with E-state index < -0.39 is 0 Å². The Morgan fingerprint density at radius 3 is 2.86 bits per heavy atom. The Labute approximate surface area is 132 Å². The fourth-order valence-electron chi connectivity index (χ4n) is 3.51. The average Bonchev–Trinajstić information content (AvgIpc) is 3.09. The van der Waals surface area contributed by atoms with Gasteiger partial charge in [-0.15, -0.1) is 0 Å². The molecule has 2 unspecified atom stereocenters. The van der Waals surface area contributed by atoms with Crippen molar-refractivity contribution in [1.82, 2.24) is 15.1 Å². The lowest BCUT2D eigenvalue weighted by molar-refractivity contribution is 0.118. The SMILES string of the molecule is Cn1cc(CNC2CCCC2(C)CO)c(-c2ccccc2)n1. The van der Waals surface area contributed by atoms with Crippen LogP contribution in [0.25, 0.3) is 11.3 Å². The van der Waals surface area contributed by atoms with Gasteiger partial charge in [0.1, 0.15) is 0 Å². The lowest BCUT2D eigenvalue weighted by Gasteiger charge is -2.30. The van der Waals surface area contributed by atoms with E-state index in [-0.39, 0.29) is 12.0 Å². The highest BCUT2D eigenvalue weighted by Crippen LogP contribution is 2.37. The molecule has 0 bridgehead atoms. The molecule has 2 atom stereocenters. The van der Waals surface area contributed by atoms with Crippen LogP contribution in [0, 0.1) is 5.41 Å². The number of aryl methyl sites for hydroxylation is 1. The molecule has 0 radical (unpaired) electrons. The molecule has 1 aliphatic rings. The van der Waals surface area contributed by atoms with Gasteiger partial charge in [-0.25, -0.2) is 0 Å². The molecule has 0 amide bonds. The molecule has 1 heterocycles. The van der Waals surface area contributed by atoms with E-state index >= 15 is 0 Å². The van der Waals surface area contributed by atoms with Crippen LogP contribution in [0.15, 0.2) is 36.5 Å². The van der Waals surface area contributed by atoms with Gasteiger partial charge in [0.15, 0.2) is 0 Å². The zero-order chi connectivity index (χ0) is 15.6. The van der Waals surface area contributed by atoms with Gasteiger partial charge >= 0.3 is 0 Å². The zero-order valence-corrected chi connectivity index (χ0v) is 13.4. The smallest absolute Gasteiger partial charge is 0.0967 e. The van der Waals surface area contributed by atoms with Crippen molar-refractivity contribution < 1.29 is 5.11 Å². The third kappa shape index (κ3) is 2.94. The van der Waals surface area contributed by atoms with Gasteiger partial charge in [-0.3, -0.25) is 4.68 Å². The van der Waals surface area contributed by atoms with E-state index in [1.807, 2.05) is 29.9 Å². The standard InChI is InChI=1S/C18H25N3O/c1-18(13-22)10-6-9-16(18)19-11-15-12-21(2)20-17(15)14-7-4-3-5-8-14/h3-5,7-8,12,16,19,22H,6,9-11,13H2,1-2H3. The summed E-state index contributed by atoms with van der Waals surface area (Å²) < 4.78 is 1.87. The van der Waals surface area contributed by atoms with Crippen LogP contribution in [0.1, 0.15) is 31.7 Å². The molecular formula is C18H25N3O. The van der Waals surface area contributed by atoms with Crippen LogP contribution in [-0.4, -0.2) is 27.5 Å². The second kappa shape index (κ2) is 6.23. The zero-order valence-electron chi connectivity index (χ0n) is 13.4. The third-order valence-corrected chi connectivity index (χ3v) is 4.93. The normalized spacial score (nSPS) is 24.8. The Balaban J connectivity index is 1.76. The molecule has 22 heavy (non-hydrogen) atoms. The molecule has 1 aromatic heterocycles. The minimum absolute atomic E-state index is 0.00905. The number of nitrogens with one attached hydrogen (secondary N) is 1. The summed E-state index contributed by atoms with van der Waals surface area (Å²) in [6, 6.07) is 10.7. The topological polar surface area (TPSA) is 50.1 Å². The number of aromatic nitrogens is 2. The fraction of sp³-hybridized carbons (Fsp3) is 0.500. The number of aliphatic hydroxyl groups is 1. The van der Waals surface area contributed by atoms with E-state index in [9.17, 15) is 5.11 Å². The molecule has 2 aromatic rings. The monoisotopic (exact) mass is 299 g/mol. The average molecular weight is 299 g/mol. The Kier molecular flexibility index (Phi) is 4.32. The van der Waals surface area contributed by atoms with Crippen LogP contribution in [0.2, 0.25) is 0 Å². The summed E-state index contributed by atoms with van der Waals surface area (Å²) in [5.41, 5.74) is 3.41. The van der Waals surface area contributed by atoms with Crippen LogP contribution in [0.3, 0.4) is 0 Å². The van der Waals surface area contributed by atoms with Crippen LogP contribution < -0.4 is 5.32 Å². The summed E-state index contributed by atoms with van der Waals surface area (Å²) >= 11 is 0. The second-order valence-electron chi connectivity index (χ2n) is 6.68. The molecule has 3 rings (SSSR count). The summed E-state index contributed by atoms with van der Waals surface area (Å²) in [7, 11) is 1.96. The van der Waals surface area contributed by atoms with Crippen molar-refractivity contribution in [2.45, 2.75) is 38.8 Å². The first-order valence-electron chi connectivity index (χ1n) is 8.04.